The van der Waals surface area contributed by atoms with Gasteiger partial charge in [0.1, 0.15) is 25.0 Å². The molecule has 1 aromatic rings. The molecule has 1 aromatic carbocycles. The maximum Gasteiger partial charge on any atom is 0.412 e. The Labute approximate surface area is 153 Å². The molecule has 1 unspecified atom stereocenters. The number of nitrogens with zero attached hydrogens (tertiary/aromatic N) is 1. The van der Waals surface area contributed by atoms with Crippen molar-refractivity contribution in [1.82, 2.24) is 4.90 Å². The van der Waals surface area contributed by atoms with Gasteiger partial charge in [-0.15, -0.1) is 0 Å². The van der Waals surface area contributed by atoms with E-state index < -0.39 is 29.8 Å². The fourth-order valence-corrected chi connectivity index (χ4v) is 2.59. The van der Waals surface area contributed by atoms with Gasteiger partial charge in [-0.05, 0) is 32.8 Å². The van der Waals surface area contributed by atoms with Crippen molar-refractivity contribution in [3.05, 3.63) is 35.9 Å². The molecule has 142 valence electrons. The third-order valence-electron chi connectivity index (χ3n) is 3.83. The largest absolute Gasteiger partial charge is 0.461 e. The van der Waals surface area contributed by atoms with Crippen LogP contribution in [0.3, 0.4) is 0 Å². The molecule has 1 heterocycles. The number of aldehydes is 1. The molecule has 2 rings (SSSR count). The van der Waals surface area contributed by atoms with E-state index in [1.54, 1.807) is 20.8 Å². The lowest BCUT2D eigenvalue weighted by molar-refractivity contribution is -0.145. The Morgan fingerprint density at radius 2 is 1.96 bits per heavy atom. The van der Waals surface area contributed by atoms with E-state index in [2.05, 4.69) is 0 Å². The molecule has 1 aliphatic rings. The fourth-order valence-electron chi connectivity index (χ4n) is 2.59. The van der Waals surface area contributed by atoms with E-state index in [-0.39, 0.29) is 26.2 Å². The summed E-state index contributed by atoms with van der Waals surface area (Å²) in [7, 11) is 0. The van der Waals surface area contributed by atoms with Crippen molar-refractivity contribution >= 4 is 18.3 Å². The van der Waals surface area contributed by atoms with E-state index in [1.165, 1.54) is 4.90 Å². The van der Waals surface area contributed by atoms with E-state index in [4.69, 9.17) is 14.2 Å². The first-order chi connectivity index (χ1) is 12.3. The Kier molecular flexibility index (Phi) is 6.74. The summed E-state index contributed by atoms with van der Waals surface area (Å²) in [6, 6.07) is 8.80. The van der Waals surface area contributed by atoms with Crippen molar-refractivity contribution in [2.45, 2.75) is 58.0 Å². The molecule has 0 radical (unpaired) electrons. The average Bonchev–Trinajstić information content (AvgIpc) is 3.00. The number of rotatable bonds is 6. The Morgan fingerprint density at radius 1 is 1.27 bits per heavy atom. The van der Waals surface area contributed by atoms with Crippen LogP contribution in [0.1, 0.15) is 39.2 Å². The number of hydrogen-bond acceptors (Lipinski definition) is 6. The van der Waals surface area contributed by atoms with E-state index in [9.17, 15) is 14.4 Å². The van der Waals surface area contributed by atoms with Crippen molar-refractivity contribution in [1.29, 1.82) is 0 Å². The van der Waals surface area contributed by atoms with Gasteiger partial charge in [-0.25, -0.2) is 4.79 Å². The summed E-state index contributed by atoms with van der Waals surface area (Å²) in [5.74, 6) is -0.394. The van der Waals surface area contributed by atoms with Crippen molar-refractivity contribution in [3.8, 4) is 0 Å². The third kappa shape index (κ3) is 5.84. The highest BCUT2D eigenvalue weighted by Crippen LogP contribution is 2.23. The second-order valence-corrected chi connectivity index (χ2v) is 7.10. The Balaban J connectivity index is 1.88. The molecule has 1 fully saturated rings. The average molecular weight is 363 g/mol. The highest BCUT2D eigenvalue weighted by atomic mass is 16.6. The zero-order valence-electron chi connectivity index (χ0n) is 15.3. The Morgan fingerprint density at radius 3 is 2.58 bits per heavy atom. The normalized spacial score (nSPS) is 19.9. The lowest BCUT2D eigenvalue weighted by atomic mass is 10.1. The second kappa shape index (κ2) is 8.80. The first-order valence-corrected chi connectivity index (χ1v) is 8.56. The number of hydrogen-bond donors (Lipinski definition) is 0. The molecule has 2 atom stereocenters. The van der Waals surface area contributed by atoms with E-state index in [1.807, 2.05) is 30.3 Å². The van der Waals surface area contributed by atoms with Gasteiger partial charge in [0, 0.05) is 6.42 Å². The Bertz CT molecular complexity index is 625. The van der Waals surface area contributed by atoms with Crippen molar-refractivity contribution in [2.75, 3.05) is 6.73 Å². The van der Waals surface area contributed by atoms with Gasteiger partial charge in [-0.1, -0.05) is 30.3 Å². The zero-order valence-corrected chi connectivity index (χ0v) is 15.3. The van der Waals surface area contributed by atoms with Crippen LogP contribution in [-0.2, 0) is 30.4 Å². The van der Waals surface area contributed by atoms with E-state index in [0.29, 0.717) is 6.29 Å². The maximum absolute atomic E-state index is 12.3. The number of benzene rings is 1. The molecular formula is C19H25NO6. The molecule has 0 spiro atoms. The highest BCUT2D eigenvalue weighted by Gasteiger charge is 2.40. The van der Waals surface area contributed by atoms with Crippen LogP contribution in [0.25, 0.3) is 0 Å². The van der Waals surface area contributed by atoms with Crippen LogP contribution in [-0.4, -0.2) is 47.7 Å². The molecule has 0 aromatic heterocycles. The summed E-state index contributed by atoms with van der Waals surface area (Å²) >= 11 is 0. The predicted octanol–water partition coefficient (Wildman–Crippen LogP) is 2.67. The minimum absolute atomic E-state index is 0.0396. The topological polar surface area (TPSA) is 82.1 Å². The minimum atomic E-state index is -0.774. The number of carbonyl (C=O) groups excluding carboxylic acids is 3. The van der Waals surface area contributed by atoms with Gasteiger partial charge in [-0.3, -0.25) is 9.69 Å². The smallest absolute Gasteiger partial charge is 0.412 e. The van der Waals surface area contributed by atoms with Crippen LogP contribution in [0.15, 0.2) is 30.3 Å². The maximum atomic E-state index is 12.3. The first-order valence-electron chi connectivity index (χ1n) is 8.56. The molecular weight excluding hydrogens is 338 g/mol. The zero-order chi connectivity index (χ0) is 19.2. The molecule has 0 saturated carbocycles. The van der Waals surface area contributed by atoms with Gasteiger partial charge in [-0.2, -0.15) is 0 Å². The molecule has 0 N–H and O–H groups in total. The van der Waals surface area contributed by atoms with E-state index >= 15 is 0 Å². The third-order valence-corrected chi connectivity index (χ3v) is 3.83. The monoisotopic (exact) mass is 363 g/mol. The SMILES string of the molecule is CC(C)(C)OC(=O)N1COC(C=O)[C@H]1CCC(=O)OCc1ccccc1. The van der Waals surface area contributed by atoms with Gasteiger partial charge >= 0.3 is 12.1 Å². The summed E-state index contributed by atoms with van der Waals surface area (Å²) < 4.78 is 15.9. The molecule has 26 heavy (non-hydrogen) atoms. The molecule has 0 aliphatic carbocycles. The lowest BCUT2D eigenvalue weighted by Crippen LogP contribution is -2.43. The molecule has 1 saturated heterocycles. The highest BCUT2D eigenvalue weighted by molar-refractivity contribution is 5.72. The number of esters is 1. The summed E-state index contributed by atoms with van der Waals surface area (Å²) in [5, 5.41) is 0. The Hall–Kier alpha value is -2.41. The number of ether oxygens (including phenoxy) is 3. The lowest BCUT2D eigenvalue weighted by Gasteiger charge is -2.27. The van der Waals surface area contributed by atoms with Crippen LogP contribution >= 0.6 is 0 Å². The number of amides is 1. The summed E-state index contributed by atoms with van der Waals surface area (Å²) in [5.41, 5.74) is 0.237. The van der Waals surface area contributed by atoms with Crippen LogP contribution in [0, 0.1) is 0 Å². The van der Waals surface area contributed by atoms with Gasteiger partial charge in [0.2, 0.25) is 0 Å². The quantitative estimate of drug-likeness (QED) is 0.571. The van der Waals surface area contributed by atoms with Crippen LogP contribution in [0.4, 0.5) is 4.79 Å². The minimum Gasteiger partial charge on any atom is -0.461 e. The van der Waals surface area contributed by atoms with Gasteiger partial charge in [0.05, 0.1) is 6.04 Å². The number of carbonyl (C=O) groups is 3. The van der Waals surface area contributed by atoms with E-state index in [0.717, 1.165) is 5.56 Å². The molecule has 7 nitrogen and oxygen atoms in total. The van der Waals surface area contributed by atoms with Crippen LogP contribution in [0.2, 0.25) is 0 Å². The van der Waals surface area contributed by atoms with Gasteiger partial charge in [0.15, 0.2) is 6.29 Å². The summed E-state index contributed by atoms with van der Waals surface area (Å²) in [6.45, 7) is 5.43. The van der Waals surface area contributed by atoms with Crippen LogP contribution in [0.5, 0.6) is 0 Å². The van der Waals surface area contributed by atoms with Gasteiger partial charge in [0.25, 0.3) is 0 Å². The predicted molar refractivity (Wildman–Crippen MR) is 93.1 cm³/mol. The van der Waals surface area contributed by atoms with Crippen molar-refractivity contribution < 1.29 is 28.6 Å². The first kappa shape index (κ1) is 19.9. The fraction of sp³-hybridized carbons (Fsp3) is 0.526. The second-order valence-electron chi connectivity index (χ2n) is 7.10. The summed E-state index contributed by atoms with van der Waals surface area (Å²) in [6.07, 6.45) is -0.362. The molecule has 0 bridgehead atoms. The van der Waals surface area contributed by atoms with Gasteiger partial charge < -0.3 is 19.0 Å². The summed E-state index contributed by atoms with van der Waals surface area (Å²) in [4.78, 5) is 36.8. The molecule has 7 heteroatoms. The van der Waals surface area contributed by atoms with Crippen molar-refractivity contribution in [2.24, 2.45) is 0 Å². The van der Waals surface area contributed by atoms with Crippen molar-refractivity contribution in [3.63, 3.8) is 0 Å². The molecule has 1 amide bonds. The molecule has 1 aliphatic heterocycles. The van der Waals surface area contributed by atoms with Crippen LogP contribution < -0.4 is 0 Å². The standard InChI is InChI=1S/C19H25NO6/c1-19(2,3)26-18(23)20-13-25-16(11-21)15(20)9-10-17(22)24-12-14-7-5-4-6-8-14/h4-8,11,15-16H,9-10,12-13H2,1-3H3/t15-,16?/m1/s1.